The Morgan fingerprint density at radius 3 is 2.50 bits per heavy atom. The maximum atomic E-state index is 12.8. The fraction of sp³-hybridized carbons (Fsp3) is 0.474. The summed E-state index contributed by atoms with van der Waals surface area (Å²) in [5, 5.41) is 0. The van der Waals surface area contributed by atoms with Crippen molar-refractivity contribution in [2.75, 3.05) is 32.8 Å². The fourth-order valence-electron chi connectivity index (χ4n) is 3.19. The monoisotopic (exact) mass is 378 g/mol. The molecule has 0 aliphatic carbocycles. The summed E-state index contributed by atoms with van der Waals surface area (Å²) in [6.45, 7) is 8.61. The second-order valence-corrected chi connectivity index (χ2v) is 8.47. The molecule has 26 heavy (non-hydrogen) atoms. The summed E-state index contributed by atoms with van der Waals surface area (Å²) in [5.74, 6) is 1.59. The first-order chi connectivity index (χ1) is 12.4. The molecule has 1 fully saturated rings. The largest absolute Gasteiger partial charge is 0.465 e. The highest BCUT2D eigenvalue weighted by Gasteiger charge is 2.27. The van der Waals surface area contributed by atoms with E-state index in [0.29, 0.717) is 18.1 Å². The summed E-state index contributed by atoms with van der Waals surface area (Å²) in [4.78, 5) is 2.53. The second kappa shape index (κ2) is 7.92. The summed E-state index contributed by atoms with van der Waals surface area (Å²) >= 11 is 0. The van der Waals surface area contributed by atoms with Crippen molar-refractivity contribution in [1.82, 2.24) is 9.62 Å². The maximum absolute atomic E-state index is 12.8. The molecule has 2 heterocycles. The third-order valence-corrected chi connectivity index (χ3v) is 6.24. The lowest BCUT2D eigenvalue weighted by molar-refractivity contribution is 0.0127. The highest BCUT2D eigenvalue weighted by Crippen LogP contribution is 2.24. The molecule has 2 aromatic rings. The van der Waals surface area contributed by atoms with Crippen LogP contribution in [0.15, 0.2) is 39.6 Å². The normalized spacial score (nSPS) is 17.3. The summed E-state index contributed by atoms with van der Waals surface area (Å²) in [6.07, 6.45) is 0. The first-order valence-corrected chi connectivity index (χ1v) is 10.3. The van der Waals surface area contributed by atoms with Crippen molar-refractivity contribution < 1.29 is 17.6 Å². The van der Waals surface area contributed by atoms with E-state index in [9.17, 15) is 8.42 Å². The molecule has 0 bridgehead atoms. The van der Waals surface area contributed by atoms with Gasteiger partial charge in [-0.3, -0.25) is 4.90 Å². The number of hydrogen-bond acceptors (Lipinski definition) is 5. The number of ether oxygens (including phenoxy) is 1. The Morgan fingerprint density at radius 2 is 1.85 bits per heavy atom. The van der Waals surface area contributed by atoms with Gasteiger partial charge in [0.1, 0.15) is 11.5 Å². The smallest absolute Gasteiger partial charge is 0.240 e. The Morgan fingerprint density at radius 1 is 1.12 bits per heavy atom. The Labute approximate surface area is 155 Å². The van der Waals surface area contributed by atoms with Crippen molar-refractivity contribution >= 4 is 10.0 Å². The summed E-state index contributed by atoms with van der Waals surface area (Å²) in [7, 11) is -3.60. The van der Waals surface area contributed by atoms with Gasteiger partial charge < -0.3 is 9.15 Å². The van der Waals surface area contributed by atoms with Gasteiger partial charge in [-0.1, -0.05) is 12.1 Å². The van der Waals surface area contributed by atoms with Crippen molar-refractivity contribution in [3.63, 3.8) is 0 Å². The van der Waals surface area contributed by atoms with Crippen LogP contribution in [-0.4, -0.2) is 46.2 Å². The first-order valence-electron chi connectivity index (χ1n) is 8.82. The number of nitrogens with zero attached hydrogens (tertiary/aromatic N) is 1. The summed E-state index contributed by atoms with van der Waals surface area (Å²) in [6, 6.07) is 9.12. The number of sulfonamides is 1. The van der Waals surface area contributed by atoms with Gasteiger partial charge in [0, 0.05) is 19.6 Å². The highest BCUT2D eigenvalue weighted by atomic mass is 32.2. The molecule has 0 saturated carbocycles. The van der Waals surface area contributed by atoms with E-state index >= 15 is 0 Å². The van der Waals surface area contributed by atoms with Gasteiger partial charge in [-0.15, -0.1) is 0 Å². The molecule has 1 saturated heterocycles. The number of morpholine rings is 1. The van der Waals surface area contributed by atoms with Crippen LogP contribution >= 0.6 is 0 Å². The molecule has 7 heteroatoms. The highest BCUT2D eigenvalue weighted by molar-refractivity contribution is 7.89. The van der Waals surface area contributed by atoms with Crippen LogP contribution in [0.4, 0.5) is 0 Å². The van der Waals surface area contributed by atoms with Crippen molar-refractivity contribution in [2.24, 2.45) is 0 Å². The molecule has 1 N–H and O–H groups in total. The van der Waals surface area contributed by atoms with E-state index in [2.05, 4.69) is 9.62 Å². The van der Waals surface area contributed by atoms with Crippen molar-refractivity contribution in [3.8, 4) is 0 Å². The molecule has 1 atom stereocenters. The molecule has 1 aliphatic heterocycles. The zero-order valence-corrected chi connectivity index (χ0v) is 16.3. The third-order valence-electron chi connectivity index (χ3n) is 4.68. The van der Waals surface area contributed by atoms with Gasteiger partial charge in [0.2, 0.25) is 10.0 Å². The predicted molar refractivity (Wildman–Crippen MR) is 99.7 cm³/mol. The van der Waals surface area contributed by atoms with E-state index in [1.165, 1.54) is 0 Å². The number of nitrogens with one attached hydrogen (secondary N) is 1. The first kappa shape index (κ1) is 19.1. The van der Waals surface area contributed by atoms with Gasteiger partial charge in [-0.25, -0.2) is 13.1 Å². The van der Waals surface area contributed by atoms with Crippen LogP contribution in [0, 0.1) is 20.8 Å². The molecule has 0 spiro atoms. The lowest BCUT2D eigenvalue weighted by atomic mass is 10.2. The quantitative estimate of drug-likeness (QED) is 0.836. The standard InChI is InChI=1S/C19H26N2O4S/c1-14-4-5-15(2)19(12-14)26(22,23)20-13-17(18-7-6-16(3)25-18)21-8-10-24-11-9-21/h4-7,12,17,20H,8-11,13H2,1-3H3/t17-/m0/s1. The molecular formula is C19H26N2O4S. The van der Waals surface area contributed by atoms with Crippen LogP contribution < -0.4 is 4.72 Å². The number of aryl methyl sites for hydroxylation is 3. The van der Waals surface area contributed by atoms with Crippen LogP contribution in [0.25, 0.3) is 0 Å². The minimum absolute atomic E-state index is 0.160. The topological polar surface area (TPSA) is 71.8 Å². The molecule has 6 nitrogen and oxygen atoms in total. The number of hydrogen-bond donors (Lipinski definition) is 1. The zero-order chi connectivity index (χ0) is 18.7. The summed E-state index contributed by atoms with van der Waals surface area (Å²) < 4.78 is 39.7. The fourth-order valence-corrected chi connectivity index (χ4v) is 4.56. The van der Waals surface area contributed by atoms with Gasteiger partial charge in [-0.05, 0) is 50.1 Å². The molecular weight excluding hydrogens is 352 g/mol. The SMILES string of the molecule is Cc1ccc(C)c(S(=O)(=O)NC[C@@H](c2ccc(C)o2)N2CCOCC2)c1. The zero-order valence-electron chi connectivity index (χ0n) is 15.5. The van der Waals surface area contributed by atoms with Gasteiger partial charge >= 0.3 is 0 Å². The Kier molecular flexibility index (Phi) is 5.82. The second-order valence-electron chi connectivity index (χ2n) is 6.73. The molecule has 0 amide bonds. The molecule has 3 rings (SSSR count). The van der Waals surface area contributed by atoms with Gasteiger partial charge in [0.15, 0.2) is 0 Å². The minimum Gasteiger partial charge on any atom is -0.465 e. The van der Waals surface area contributed by atoms with E-state index in [-0.39, 0.29) is 12.6 Å². The average Bonchev–Trinajstić information content (AvgIpc) is 3.04. The lowest BCUT2D eigenvalue weighted by Crippen LogP contribution is -2.43. The minimum atomic E-state index is -3.60. The lowest BCUT2D eigenvalue weighted by Gasteiger charge is -2.33. The molecule has 0 radical (unpaired) electrons. The summed E-state index contributed by atoms with van der Waals surface area (Å²) in [5.41, 5.74) is 1.65. The van der Waals surface area contributed by atoms with Gasteiger partial charge in [0.05, 0.1) is 24.2 Å². The van der Waals surface area contributed by atoms with Gasteiger partial charge in [0.25, 0.3) is 0 Å². The Balaban J connectivity index is 1.81. The molecule has 0 unspecified atom stereocenters. The average molecular weight is 378 g/mol. The van der Waals surface area contributed by atoms with E-state index in [1.54, 1.807) is 6.07 Å². The van der Waals surface area contributed by atoms with E-state index < -0.39 is 10.0 Å². The van der Waals surface area contributed by atoms with Crippen LogP contribution in [-0.2, 0) is 14.8 Å². The number of rotatable bonds is 6. The number of furan rings is 1. The molecule has 1 aliphatic rings. The predicted octanol–water partition coefficient (Wildman–Crippen LogP) is 2.56. The Bertz CT molecular complexity index is 854. The molecule has 1 aromatic heterocycles. The van der Waals surface area contributed by atoms with Crippen LogP contribution in [0.3, 0.4) is 0 Å². The molecule has 142 valence electrons. The van der Waals surface area contributed by atoms with Crippen LogP contribution in [0.1, 0.15) is 28.7 Å². The van der Waals surface area contributed by atoms with E-state index in [1.807, 2.05) is 45.0 Å². The Hall–Kier alpha value is -1.67. The third kappa shape index (κ3) is 4.35. The van der Waals surface area contributed by atoms with Crippen molar-refractivity contribution in [1.29, 1.82) is 0 Å². The molecule has 1 aromatic carbocycles. The van der Waals surface area contributed by atoms with Crippen LogP contribution in [0.5, 0.6) is 0 Å². The van der Waals surface area contributed by atoms with E-state index in [4.69, 9.17) is 9.15 Å². The maximum Gasteiger partial charge on any atom is 0.240 e. The van der Waals surface area contributed by atoms with Crippen LogP contribution in [0.2, 0.25) is 0 Å². The van der Waals surface area contributed by atoms with E-state index in [0.717, 1.165) is 35.7 Å². The van der Waals surface area contributed by atoms with Gasteiger partial charge in [-0.2, -0.15) is 0 Å². The van der Waals surface area contributed by atoms with Crippen molar-refractivity contribution in [3.05, 3.63) is 53.0 Å². The number of benzene rings is 1. The van der Waals surface area contributed by atoms with Crippen molar-refractivity contribution in [2.45, 2.75) is 31.7 Å².